The third-order valence-electron chi connectivity index (χ3n) is 0.703. The molecule has 3 nitrogen and oxygen atoms in total. The van der Waals surface area contributed by atoms with Crippen LogP contribution in [0, 0.1) is 0 Å². The van der Waals surface area contributed by atoms with Gasteiger partial charge in [0.2, 0.25) is 0 Å². The summed E-state index contributed by atoms with van der Waals surface area (Å²) in [5.74, 6) is 0. The quantitative estimate of drug-likeness (QED) is 0.563. The lowest BCUT2D eigenvalue weighted by molar-refractivity contribution is -0.355. The number of nitrogens with zero attached hydrogens (tertiary/aromatic N) is 1. The SMILES string of the molecule is CCON(O)C(C)C. The second kappa shape index (κ2) is 3.83. The lowest BCUT2D eigenvalue weighted by Crippen LogP contribution is -2.26. The van der Waals surface area contributed by atoms with Crippen LogP contribution in [0.25, 0.3) is 0 Å². The van der Waals surface area contributed by atoms with Gasteiger partial charge in [-0.2, -0.15) is 0 Å². The van der Waals surface area contributed by atoms with Crippen LogP contribution in [0.5, 0.6) is 0 Å². The Morgan fingerprint density at radius 3 is 2.25 bits per heavy atom. The first-order chi connectivity index (χ1) is 3.68. The van der Waals surface area contributed by atoms with Gasteiger partial charge in [0, 0.05) is 0 Å². The summed E-state index contributed by atoms with van der Waals surface area (Å²) in [4.78, 5) is 4.69. The van der Waals surface area contributed by atoms with Crippen LogP contribution in [-0.4, -0.2) is 23.1 Å². The highest BCUT2D eigenvalue weighted by atomic mass is 16.9. The third kappa shape index (κ3) is 2.96. The molecule has 0 aromatic carbocycles. The molecule has 0 saturated carbocycles. The van der Waals surface area contributed by atoms with E-state index in [4.69, 9.17) is 10.0 Å². The maximum atomic E-state index is 8.74. The minimum Gasteiger partial charge on any atom is -0.289 e. The molecule has 0 aliphatic rings. The molecule has 0 fully saturated rings. The Hall–Kier alpha value is -0.120. The fourth-order valence-corrected chi connectivity index (χ4v) is 0.281. The highest BCUT2D eigenvalue weighted by Crippen LogP contribution is 1.91. The predicted molar refractivity (Wildman–Crippen MR) is 30.4 cm³/mol. The van der Waals surface area contributed by atoms with E-state index in [1.54, 1.807) is 0 Å². The summed E-state index contributed by atoms with van der Waals surface area (Å²) in [5.41, 5.74) is 0. The Kier molecular flexibility index (Phi) is 3.77. The van der Waals surface area contributed by atoms with E-state index in [1.807, 2.05) is 20.8 Å². The van der Waals surface area contributed by atoms with Crippen LogP contribution in [0.2, 0.25) is 0 Å². The molecule has 0 aromatic rings. The molecule has 0 aliphatic heterocycles. The normalized spacial score (nSPS) is 11.2. The van der Waals surface area contributed by atoms with E-state index in [9.17, 15) is 0 Å². The van der Waals surface area contributed by atoms with Crippen LogP contribution in [0.1, 0.15) is 20.8 Å². The summed E-state index contributed by atoms with van der Waals surface area (Å²) in [6.45, 7) is 6.02. The Morgan fingerprint density at radius 1 is 1.62 bits per heavy atom. The van der Waals surface area contributed by atoms with Crippen LogP contribution >= 0.6 is 0 Å². The first-order valence-electron chi connectivity index (χ1n) is 2.79. The zero-order chi connectivity index (χ0) is 6.57. The van der Waals surface area contributed by atoms with Gasteiger partial charge in [0.15, 0.2) is 0 Å². The standard InChI is InChI=1S/C5H13NO2/c1-4-8-6(7)5(2)3/h5,7H,4H2,1-3H3. The fourth-order valence-electron chi connectivity index (χ4n) is 0.281. The summed E-state index contributed by atoms with van der Waals surface area (Å²) in [7, 11) is 0. The van der Waals surface area contributed by atoms with Crippen molar-refractivity contribution in [1.82, 2.24) is 5.23 Å². The first kappa shape index (κ1) is 7.88. The molecule has 0 aliphatic carbocycles. The lowest BCUT2D eigenvalue weighted by Gasteiger charge is -2.15. The molecule has 0 bridgehead atoms. The molecule has 0 spiro atoms. The van der Waals surface area contributed by atoms with Gasteiger partial charge >= 0.3 is 0 Å². The topological polar surface area (TPSA) is 32.7 Å². The van der Waals surface area contributed by atoms with Gasteiger partial charge in [0.05, 0.1) is 12.6 Å². The minimum absolute atomic E-state index is 0.0370. The molecule has 0 amide bonds. The average Bonchev–Trinajstić information content (AvgIpc) is 1.67. The zero-order valence-corrected chi connectivity index (χ0v) is 5.59. The van der Waals surface area contributed by atoms with Gasteiger partial charge in [0.25, 0.3) is 0 Å². The minimum atomic E-state index is 0.0370. The second-order valence-electron chi connectivity index (χ2n) is 1.81. The van der Waals surface area contributed by atoms with Gasteiger partial charge in [-0.3, -0.25) is 10.0 Å². The van der Waals surface area contributed by atoms with Crippen molar-refractivity contribution in [1.29, 1.82) is 0 Å². The van der Waals surface area contributed by atoms with Crippen molar-refractivity contribution in [2.24, 2.45) is 0 Å². The summed E-state index contributed by atoms with van der Waals surface area (Å²) < 4.78 is 0. The molecule has 0 rings (SSSR count). The molecule has 3 heteroatoms. The van der Waals surface area contributed by atoms with Crippen LogP contribution in [0.3, 0.4) is 0 Å². The summed E-state index contributed by atoms with van der Waals surface area (Å²) >= 11 is 0. The Bertz CT molecular complexity index is 56.4. The van der Waals surface area contributed by atoms with Crippen molar-refractivity contribution >= 4 is 0 Å². The van der Waals surface area contributed by atoms with Crippen molar-refractivity contribution in [3.8, 4) is 0 Å². The van der Waals surface area contributed by atoms with Gasteiger partial charge in [0.1, 0.15) is 0 Å². The smallest absolute Gasteiger partial charge is 0.0683 e. The molecule has 0 radical (unpaired) electrons. The summed E-state index contributed by atoms with van der Waals surface area (Å²) in [5, 5.41) is 9.58. The van der Waals surface area contributed by atoms with Crippen LogP contribution in [0.4, 0.5) is 0 Å². The highest BCUT2D eigenvalue weighted by molar-refractivity contribution is 4.36. The molecular weight excluding hydrogens is 106 g/mol. The van der Waals surface area contributed by atoms with Gasteiger partial charge in [-0.1, -0.05) is 5.23 Å². The summed E-state index contributed by atoms with van der Waals surface area (Å²) in [6, 6.07) is 0.0370. The van der Waals surface area contributed by atoms with E-state index in [0.717, 1.165) is 5.23 Å². The van der Waals surface area contributed by atoms with E-state index >= 15 is 0 Å². The van der Waals surface area contributed by atoms with Gasteiger partial charge in [-0.25, -0.2) is 0 Å². The molecular formula is C5H13NO2. The Balaban J connectivity index is 3.17. The van der Waals surface area contributed by atoms with E-state index in [0.29, 0.717) is 6.61 Å². The monoisotopic (exact) mass is 119 g/mol. The van der Waals surface area contributed by atoms with Gasteiger partial charge < -0.3 is 0 Å². The van der Waals surface area contributed by atoms with E-state index in [1.165, 1.54) is 0 Å². The molecule has 50 valence electrons. The lowest BCUT2D eigenvalue weighted by atomic mass is 10.4. The molecule has 8 heavy (non-hydrogen) atoms. The Labute approximate surface area is 49.8 Å². The van der Waals surface area contributed by atoms with E-state index < -0.39 is 0 Å². The van der Waals surface area contributed by atoms with Crippen molar-refractivity contribution in [2.75, 3.05) is 6.61 Å². The fraction of sp³-hybridized carbons (Fsp3) is 1.00. The van der Waals surface area contributed by atoms with Gasteiger partial charge in [-0.15, -0.1) is 0 Å². The van der Waals surface area contributed by atoms with Crippen molar-refractivity contribution in [2.45, 2.75) is 26.8 Å². The largest absolute Gasteiger partial charge is 0.289 e. The number of rotatable bonds is 3. The average molecular weight is 119 g/mol. The van der Waals surface area contributed by atoms with E-state index in [2.05, 4.69) is 0 Å². The maximum Gasteiger partial charge on any atom is 0.0683 e. The number of hydrogen-bond acceptors (Lipinski definition) is 3. The molecule has 0 saturated heterocycles. The maximum absolute atomic E-state index is 8.74. The van der Waals surface area contributed by atoms with Crippen LogP contribution in [0.15, 0.2) is 0 Å². The predicted octanol–water partition coefficient (Wildman–Crippen LogP) is 1.04. The van der Waals surface area contributed by atoms with Crippen LogP contribution < -0.4 is 0 Å². The van der Waals surface area contributed by atoms with Crippen molar-refractivity contribution in [3.63, 3.8) is 0 Å². The zero-order valence-electron chi connectivity index (χ0n) is 5.59. The van der Waals surface area contributed by atoms with Crippen molar-refractivity contribution < 1.29 is 10.0 Å². The van der Waals surface area contributed by atoms with E-state index in [-0.39, 0.29) is 6.04 Å². The Morgan fingerprint density at radius 2 is 2.12 bits per heavy atom. The summed E-state index contributed by atoms with van der Waals surface area (Å²) in [6.07, 6.45) is 0. The van der Waals surface area contributed by atoms with Gasteiger partial charge in [-0.05, 0) is 20.8 Å². The molecule has 0 atom stereocenters. The molecule has 1 N–H and O–H groups in total. The second-order valence-corrected chi connectivity index (χ2v) is 1.81. The molecule has 0 aromatic heterocycles. The molecule has 0 heterocycles. The molecule has 0 unspecified atom stereocenters. The first-order valence-corrected chi connectivity index (χ1v) is 2.79. The highest BCUT2D eigenvalue weighted by Gasteiger charge is 2.02. The van der Waals surface area contributed by atoms with Crippen molar-refractivity contribution in [3.05, 3.63) is 0 Å². The third-order valence-corrected chi connectivity index (χ3v) is 0.703. The number of hydrogen-bond donors (Lipinski definition) is 1. The number of hydroxylamine groups is 2. The van der Waals surface area contributed by atoms with Crippen LogP contribution in [-0.2, 0) is 4.84 Å².